The van der Waals surface area contributed by atoms with Crippen LogP contribution in [0.4, 0.5) is 11.4 Å². The van der Waals surface area contributed by atoms with Crippen LogP contribution >= 0.6 is 11.8 Å². The van der Waals surface area contributed by atoms with E-state index in [1.165, 1.54) is 11.8 Å². The van der Waals surface area contributed by atoms with E-state index in [4.69, 9.17) is 4.74 Å². The van der Waals surface area contributed by atoms with Gasteiger partial charge in [0, 0.05) is 48.9 Å². The van der Waals surface area contributed by atoms with Crippen LogP contribution in [0.3, 0.4) is 0 Å². The molecular weight excluding hydrogens is 412 g/mol. The van der Waals surface area contributed by atoms with Crippen molar-refractivity contribution < 1.29 is 14.3 Å². The van der Waals surface area contributed by atoms with Crippen LogP contribution in [0.5, 0.6) is 0 Å². The van der Waals surface area contributed by atoms with Crippen LogP contribution in [0.2, 0.25) is 0 Å². The number of hydrogen-bond donors (Lipinski definition) is 2. The van der Waals surface area contributed by atoms with E-state index in [0.717, 1.165) is 36.8 Å². The van der Waals surface area contributed by atoms with Crippen molar-refractivity contribution in [1.82, 2.24) is 10.2 Å². The van der Waals surface area contributed by atoms with Crippen molar-refractivity contribution >= 4 is 35.0 Å². The molecule has 2 aliphatic rings. The Morgan fingerprint density at radius 1 is 1.23 bits per heavy atom. The third-order valence-corrected chi connectivity index (χ3v) is 6.86. The number of hydrogen-bond acceptors (Lipinski definition) is 6. The number of fused-ring (bicyclic) bond motifs is 1. The Morgan fingerprint density at radius 3 is 2.74 bits per heavy atom. The number of para-hydroxylation sites is 1. The molecule has 0 aromatic heterocycles. The Bertz CT molecular complexity index is 918. The molecule has 1 saturated heterocycles. The van der Waals surface area contributed by atoms with Gasteiger partial charge < -0.3 is 20.3 Å². The first-order valence-electron chi connectivity index (χ1n) is 10.7. The number of amides is 2. The summed E-state index contributed by atoms with van der Waals surface area (Å²) >= 11 is 1.53. The zero-order chi connectivity index (χ0) is 21.6. The van der Waals surface area contributed by atoms with Crippen LogP contribution in [-0.4, -0.2) is 68.0 Å². The van der Waals surface area contributed by atoms with E-state index in [1.807, 2.05) is 30.3 Å². The first kappa shape index (κ1) is 21.7. The van der Waals surface area contributed by atoms with E-state index in [0.29, 0.717) is 31.0 Å². The monoisotopic (exact) mass is 440 g/mol. The van der Waals surface area contributed by atoms with Gasteiger partial charge in [0.25, 0.3) is 11.8 Å². The number of anilines is 2. The molecule has 2 N–H and O–H groups in total. The molecule has 8 heteroatoms. The Balaban J connectivity index is 1.35. The van der Waals surface area contributed by atoms with Crippen molar-refractivity contribution in [2.45, 2.75) is 17.2 Å². The molecule has 0 radical (unpaired) electrons. The van der Waals surface area contributed by atoms with Gasteiger partial charge in [0.2, 0.25) is 0 Å². The molecule has 1 fully saturated rings. The average molecular weight is 441 g/mol. The zero-order valence-corrected chi connectivity index (χ0v) is 18.5. The van der Waals surface area contributed by atoms with Crippen molar-refractivity contribution in [3.63, 3.8) is 0 Å². The highest BCUT2D eigenvalue weighted by molar-refractivity contribution is 8.00. The third-order valence-electron chi connectivity index (χ3n) is 5.51. The summed E-state index contributed by atoms with van der Waals surface area (Å²) in [7, 11) is 0. The van der Waals surface area contributed by atoms with E-state index < -0.39 is 0 Å². The maximum absolute atomic E-state index is 12.7. The van der Waals surface area contributed by atoms with E-state index in [2.05, 4.69) is 39.5 Å². The van der Waals surface area contributed by atoms with Gasteiger partial charge in [0.15, 0.2) is 0 Å². The maximum atomic E-state index is 12.7. The lowest BCUT2D eigenvalue weighted by Gasteiger charge is -2.35. The molecule has 0 unspecified atom stereocenters. The Morgan fingerprint density at radius 2 is 2.00 bits per heavy atom. The summed E-state index contributed by atoms with van der Waals surface area (Å²) in [5.41, 5.74) is 2.39. The number of benzene rings is 2. The van der Waals surface area contributed by atoms with Crippen LogP contribution < -0.4 is 15.5 Å². The number of nitrogens with zero attached hydrogens (tertiary/aromatic N) is 2. The highest BCUT2D eigenvalue weighted by Crippen LogP contribution is 2.37. The minimum atomic E-state index is -0.255. The van der Waals surface area contributed by atoms with Gasteiger partial charge in [-0.25, -0.2) is 0 Å². The topological polar surface area (TPSA) is 73.9 Å². The lowest BCUT2D eigenvalue weighted by Crippen LogP contribution is -2.48. The highest BCUT2D eigenvalue weighted by Gasteiger charge is 2.33. The fourth-order valence-corrected chi connectivity index (χ4v) is 4.96. The standard InChI is InChI=1S/C23H28N4O3S/c1-2-26(18-6-4-3-5-7-18)11-10-24-21(28)17-8-9-20-19(16-17)25-22(29)23(31-20)27-12-14-30-15-13-27/h3-9,16,23H,2,10-15H2,1H3,(H,24,28)(H,25,29)/t23-/m0/s1. The van der Waals surface area contributed by atoms with E-state index in [9.17, 15) is 9.59 Å². The van der Waals surface area contributed by atoms with Gasteiger partial charge in [-0.15, -0.1) is 0 Å². The van der Waals surface area contributed by atoms with Crippen molar-refractivity contribution in [2.24, 2.45) is 0 Å². The van der Waals surface area contributed by atoms with Crippen LogP contribution in [0, 0.1) is 0 Å². The molecule has 2 aromatic carbocycles. The molecular formula is C23H28N4O3S. The number of thioether (sulfide) groups is 1. The Labute approximate surface area is 187 Å². The molecule has 0 spiro atoms. The normalized spacial score (nSPS) is 18.7. The number of likely N-dealkylation sites (N-methyl/N-ethyl adjacent to an activating group) is 1. The molecule has 2 amide bonds. The number of ether oxygens (including phenoxy) is 1. The average Bonchev–Trinajstić information content (AvgIpc) is 2.82. The van der Waals surface area contributed by atoms with Gasteiger partial charge in [0.1, 0.15) is 5.37 Å². The van der Waals surface area contributed by atoms with Crippen molar-refractivity contribution in [3.8, 4) is 0 Å². The Kier molecular flexibility index (Phi) is 7.11. The van der Waals surface area contributed by atoms with Gasteiger partial charge in [0.05, 0.1) is 18.9 Å². The molecule has 2 heterocycles. The lowest BCUT2D eigenvalue weighted by atomic mass is 10.1. The second-order valence-corrected chi connectivity index (χ2v) is 8.61. The van der Waals surface area contributed by atoms with Gasteiger partial charge in [-0.1, -0.05) is 30.0 Å². The number of nitrogens with one attached hydrogen (secondary N) is 2. The third kappa shape index (κ3) is 5.20. The smallest absolute Gasteiger partial charge is 0.252 e. The quantitative estimate of drug-likeness (QED) is 0.690. The first-order valence-corrected chi connectivity index (χ1v) is 11.5. The molecule has 4 rings (SSSR count). The summed E-state index contributed by atoms with van der Waals surface area (Å²) in [6, 6.07) is 15.7. The molecule has 31 heavy (non-hydrogen) atoms. The summed E-state index contributed by atoms with van der Waals surface area (Å²) in [6.45, 7) is 7.03. The number of rotatable bonds is 7. The molecule has 1 atom stereocenters. The second kappa shape index (κ2) is 10.2. The molecule has 0 aliphatic carbocycles. The molecule has 0 saturated carbocycles. The second-order valence-electron chi connectivity index (χ2n) is 7.49. The summed E-state index contributed by atoms with van der Waals surface area (Å²) in [4.78, 5) is 30.6. The molecule has 2 aliphatic heterocycles. The van der Waals surface area contributed by atoms with E-state index in [-0.39, 0.29) is 17.2 Å². The minimum Gasteiger partial charge on any atom is -0.379 e. The van der Waals surface area contributed by atoms with Crippen molar-refractivity contribution in [2.75, 3.05) is 56.2 Å². The molecule has 0 bridgehead atoms. The number of carbonyl (C=O) groups is 2. The predicted molar refractivity (Wildman–Crippen MR) is 124 cm³/mol. The van der Waals surface area contributed by atoms with Crippen molar-refractivity contribution in [1.29, 1.82) is 0 Å². The predicted octanol–water partition coefficient (Wildman–Crippen LogP) is 2.65. The van der Waals surface area contributed by atoms with Crippen LogP contribution in [0.15, 0.2) is 53.4 Å². The zero-order valence-electron chi connectivity index (χ0n) is 17.7. The maximum Gasteiger partial charge on any atom is 0.252 e. The largest absolute Gasteiger partial charge is 0.379 e. The van der Waals surface area contributed by atoms with Crippen LogP contribution in [-0.2, 0) is 9.53 Å². The van der Waals surface area contributed by atoms with Crippen LogP contribution in [0.1, 0.15) is 17.3 Å². The molecule has 2 aromatic rings. The van der Waals surface area contributed by atoms with Gasteiger partial charge in [-0.3, -0.25) is 14.5 Å². The van der Waals surface area contributed by atoms with Crippen LogP contribution in [0.25, 0.3) is 0 Å². The SMILES string of the molecule is CCN(CCNC(=O)c1ccc2c(c1)NC(=O)[C@@H](N1CCOCC1)S2)c1ccccc1. The Hall–Kier alpha value is -2.55. The minimum absolute atomic E-state index is 0.0431. The summed E-state index contributed by atoms with van der Waals surface area (Å²) in [5.74, 6) is -0.181. The van der Waals surface area contributed by atoms with Gasteiger partial charge >= 0.3 is 0 Å². The lowest BCUT2D eigenvalue weighted by molar-refractivity contribution is -0.119. The number of morpholine rings is 1. The number of carbonyl (C=O) groups excluding carboxylic acids is 2. The summed E-state index contributed by atoms with van der Waals surface area (Å²) in [5, 5.41) is 5.71. The van der Waals surface area contributed by atoms with Gasteiger partial charge in [-0.05, 0) is 37.3 Å². The highest BCUT2D eigenvalue weighted by atomic mass is 32.2. The fourth-order valence-electron chi connectivity index (χ4n) is 3.81. The summed E-state index contributed by atoms with van der Waals surface area (Å²) < 4.78 is 5.39. The van der Waals surface area contributed by atoms with Gasteiger partial charge in [-0.2, -0.15) is 0 Å². The fraction of sp³-hybridized carbons (Fsp3) is 0.391. The summed E-state index contributed by atoms with van der Waals surface area (Å²) in [6.07, 6.45) is 0. The van der Waals surface area contributed by atoms with E-state index >= 15 is 0 Å². The van der Waals surface area contributed by atoms with Crippen molar-refractivity contribution in [3.05, 3.63) is 54.1 Å². The molecule has 7 nitrogen and oxygen atoms in total. The molecule has 164 valence electrons. The van der Waals surface area contributed by atoms with E-state index in [1.54, 1.807) is 6.07 Å². The first-order chi connectivity index (χ1) is 15.2.